The SMILES string of the molecule is N#CC1=NN=C(N)/C(=C(/O)c2ccccc2)C1c1ccccc1. The topological polar surface area (TPSA) is 94.8 Å². The van der Waals surface area contributed by atoms with Gasteiger partial charge in [0.05, 0.1) is 11.5 Å². The van der Waals surface area contributed by atoms with Crippen molar-refractivity contribution in [1.82, 2.24) is 0 Å². The molecule has 0 amide bonds. The van der Waals surface area contributed by atoms with Gasteiger partial charge in [0, 0.05) is 5.56 Å². The van der Waals surface area contributed by atoms with Gasteiger partial charge in [-0.3, -0.25) is 0 Å². The van der Waals surface area contributed by atoms with E-state index in [1.54, 1.807) is 12.1 Å². The molecule has 3 rings (SSSR count). The van der Waals surface area contributed by atoms with Crippen molar-refractivity contribution in [1.29, 1.82) is 5.26 Å². The maximum absolute atomic E-state index is 10.7. The Kier molecular flexibility index (Phi) is 3.89. The molecule has 5 nitrogen and oxygen atoms in total. The average molecular weight is 302 g/mol. The van der Waals surface area contributed by atoms with E-state index >= 15 is 0 Å². The van der Waals surface area contributed by atoms with E-state index in [0.717, 1.165) is 5.56 Å². The molecular formula is C18H14N4O. The van der Waals surface area contributed by atoms with Gasteiger partial charge in [-0.1, -0.05) is 60.7 Å². The van der Waals surface area contributed by atoms with Crippen molar-refractivity contribution >= 4 is 17.3 Å². The van der Waals surface area contributed by atoms with Crippen molar-refractivity contribution in [2.45, 2.75) is 5.92 Å². The Hall–Kier alpha value is -3.39. The van der Waals surface area contributed by atoms with Crippen LogP contribution in [0.1, 0.15) is 17.0 Å². The van der Waals surface area contributed by atoms with Crippen molar-refractivity contribution in [3.63, 3.8) is 0 Å². The van der Waals surface area contributed by atoms with E-state index in [1.165, 1.54) is 0 Å². The van der Waals surface area contributed by atoms with Gasteiger partial charge in [0.15, 0.2) is 11.5 Å². The summed E-state index contributed by atoms with van der Waals surface area (Å²) in [6.45, 7) is 0. The van der Waals surface area contributed by atoms with E-state index in [0.29, 0.717) is 11.1 Å². The van der Waals surface area contributed by atoms with Gasteiger partial charge in [-0.2, -0.15) is 5.26 Å². The van der Waals surface area contributed by atoms with Crippen LogP contribution in [0.25, 0.3) is 5.76 Å². The van der Waals surface area contributed by atoms with E-state index in [2.05, 4.69) is 16.3 Å². The molecule has 0 fully saturated rings. The van der Waals surface area contributed by atoms with E-state index in [1.807, 2.05) is 48.5 Å². The van der Waals surface area contributed by atoms with Crippen LogP contribution in [-0.4, -0.2) is 16.7 Å². The number of hydrogen-bond donors (Lipinski definition) is 2. The number of rotatable bonds is 2. The minimum Gasteiger partial charge on any atom is -0.507 e. The number of benzene rings is 2. The van der Waals surface area contributed by atoms with Crippen LogP contribution >= 0.6 is 0 Å². The predicted molar refractivity (Wildman–Crippen MR) is 89.8 cm³/mol. The highest BCUT2D eigenvalue weighted by atomic mass is 16.3. The van der Waals surface area contributed by atoms with Crippen LogP contribution in [0.2, 0.25) is 0 Å². The second-order valence-corrected chi connectivity index (χ2v) is 5.05. The van der Waals surface area contributed by atoms with E-state index in [9.17, 15) is 10.4 Å². The maximum atomic E-state index is 10.7. The van der Waals surface area contributed by atoms with Crippen molar-refractivity contribution in [3.05, 3.63) is 77.4 Å². The fourth-order valence-corrected chi connectivity index (χ4v) is 2.57. The van der Waals surface area contributed by atoms with E-state index in [-0.39, 0.29) is 17.3 Å². The van der Waals surface area contributed by atoms with Crippen LogP contribution in [0.4, 0.5) is 0 Å². The molecule has 112 valence electrons. The Morgan fingerprint density at radius 1 is 1.00 bits per heavy atom. The largest absolute Gasteiger partial charge is 0.507 e. The molecule has 1 heterocycles. The fourth-order valence-electron chi connectivity index (χ4n) is 2.57. The first-order chi connectivity index (χ1) is 11.2. The van der Waals surface area contributed by atoms with Gasteiger partial charge >= 0.3 is 0 Å². The third-order valence-electron chi connectivity index (χ3n) is 3.65. The summed E-state index contributed by atoms with van der Waals surface area (Å²) in [7, 11) is 0. The second kappa shape index (κ2) is 6.16. The standard InChI is InChI=1S/C18H14N4O/c19-11-14-15(12-7-3-1-4-8-12)16(18(20)22-21-14)17(23)13-9-5-2-6-10-13/h1-10,15,23H,(H2,20,22)/b17-16+. The molecule has 1 atom stereocenters. The van der Waals surface area contributed by atoms with Gasteiger partial charge in [0.1, 0.15) is 11.8 Å². The molecule has 0 aromatic heterocycles. The molecule has 5 heteroatoms. The van der Waals surface area contributed by atoms with Crippen molar-refractivity contribution < 1.29 is 5.11 Å². The molecule has 0 saturated carbocycles. The first-order valence-corrected chi connectivity index (χ1v) is 7.07. The highest BCUT2D eigenvalue weighted by Gasteiger charge is 2.32. The van der Waals surface area contributed by atoms with Gasteiger partial charge in [0.25, 0.3) is 0 Å². The number of nitrogens with zero attached hydrogens (tertiary/aromatic N) is 3. The Balaban J connectivity index is 2.22. The Morgan fingerprint density at radius 2 is 1.61 bits per heavy atom. The van der Waals surface area contributed by atoms with E-state index in [4.69, 9.17) is 5.73 Å². The molecule has 1 aliphatic rings. The second-order valence-electron chi connectivity index (χ2n) is 5.05. The smallest absolute Gasteiger partial charge is 0.154 e. The summed E-state index contributed by atoms with van der Waals surface area (Å²) < 4.78 is 0. The summed E-state index contributed by atoms with van der Waals surface area (Å²) in [5, 5.41) is 27.8. The highest BCUT2D eigenvalue weighted by molar-refractivity contribution is 6.17. The van der Waals surface area contributed by atoms with Gasteiger partial charge in [-0.05, 0) is 5.56 Å². The summed E-state index contributed by atoms with van der Waals surface area (Å²) in [5.41, 5.74) is 8.01. The van der Waals surface area contributed by atoms with E-state index < -0.39 is 5.92 Å². The minimum atomic E-state index is -0.543. The van der Waals surface area contributed by atoms with Gasteiger partial charge < -0.3 is 10.8 Å². The predicted octanol–water partition coefficient (Wildman–Crippen LogP) is 2.99. The van der Waals surface area contributed by atoms with Crippen LogP contribution in [0.15, 0.2) is 76.4 Å². The molecule has 23 heavy (non-hydrogen) atoms. The lowest BCUT2D eigenvalue weighted by Gasteiger charge is -2.22. The Labute approximate surface area is 133 Å². The maximum Gasteiger partial charge on any atom is 0.154 e. The molecule has 1 unspecified atom stereocenters. The lowest BCUT2D eigenvalue weighted by Crippen LogP contribution is -2.29. The molecule has 0 radical (unpaired) electrons. The lowest BCUT2D eigenvalue weighted by molar-refractivity contribution is 0.506. The number of nitriles is 1. The molecule has 2 aromatic carbocycles. The first-order valence-electron chi connectivity index (χ1n) is 7.07. The van der Waals surface area contributed by atoms with Crippen molar-refractivity contribution in [2.24, 2.45) is 15.9 Å². The summed E-state index contributed by atoms with van der Waals surface area (Å²) in [4.78, 5) is 0. The molecule has 0 bridgehead atoms. The van der Waals surface area contributed by atoms with Gasteiger partial charge in [0.2, 0.25) is 0 Å². The number of hydrogen-bond acceptors (Lipinski definition) is 5. The zero-order valence-electron chi connectivity index (χ0n) is 12.2. The molecule has 2 aromatic rings. The van der Waals surface area contributed by atoms with Gasteiger partial charge in [-0.15, -0.1) is 10.2 Å². The number of amidine groups is 1. The normalized spacial score (nSPS) is 19.3. The molecular weight excluding hydrogens is 288 g/mol. The highest BCUT2D eigenvalue weighted by Crippen LogP contribution is 2.33. The zero-order chi connectivity index (χ0) is 16.2. The summed E-state index contributed by atoms with van der Waals surface area (Å²) in [6.07, 6.45) is 0. The molecule has 0 saturated heterocycles. The monoisotopic (exact) mass is 302 g/mol. The summed E-state index contributed by atoms with van der Waals surface area (Å²) in [6, 6.07) is 20.4. The third kappa shape index (κ3) is 2.70. The molecule has 1 aliphatic heterocycles. The number of aliphatic hydroxyl groups is 1. The molecule has 0 spiro atoms. The molecule has 0 aliphatic carbocycles. The van der Waals surface area contributed by atoms with Crippen LogP contribution in [0.3, 0.4) is 0 Å². The lowest BCUT2D eigenvalue weighted by atomic mass is 9.84. The van der Waals surface area contributed by atoms with Crippen LogP contribution in [-0.2, 0) is 0 Å². The third-order valence-corrected chi connectivity index (χ3v) is 3.65. The van der Waals surface area contributed by atoms with Crippen molar-refractivity contribution in [3.8, 4) is 6.07 Å². The Bertz CT molecular complexity index is 846. The van der Waals surface area contributed by atoms with Crippen LogP contribution in [0, 0.1) is 11.3 Å². The first kappa shape index (κ1) is 14.5. The van der Waals surface area contributed by atoms with Crippen molar-refractivity contribution in [2.75, 3.05) is 0 Å². The number of nitrogens with two attached hydrogens (primary N) is 1. The zero-order valence-corrected chi connectivity index (χ0v) is 12.2. The Morgan fingerprint density at radius 3 is 2.22 bits per heavy atom. The summed E-state index contributed by atoms with van der Waals surface area (Å²) >= 11 is 0. The fraction of sp³-hybridized carbons (Fsp3) is 0.0556. The quantitative estimate of drug-likeness (QED) is 0.835. The minimum absolute atomic E-state index is 0.00310. The summed E-state index contributed by atoms with van der Waals surface area (Å²) in [5.74, 6) is -0.429. The average Bonchev–Trinajstić information content (AvgIpc) is 2.62. The molecule has 3 N–H and O–H groups in total. The van der Waals surface area contributed by atoms with Crippen LogP contribution in [0.5, 0.6) is 0 Å². The van der Waals surface area contributed by atoms with Crippen LogP contribution < -0.4 is 5.73 Å². The van der Waals surface area contributed by atoms with Gasteiger partial charge in [-0.25, -0.2) is 0 Å². The number of aliphatic hydroxyl groups excluding tert-OH is 1.